The van der Waals surface area contributed by atoms with Crippen LogP contribution in [0.25, 0.3) is 0 Å². The average molecular weight is 346 g/mol. The van der Waals surface area contributed by atoms with E-state index in [1.807, 2.05) is 51.1 Å². The number of carbonyl (C=O) groups is 3. The van der Waals surface area contributed by atoms with E-state index in [9.17, 15) is 14.4 Å². The summed E-state index contributed by atoms with van der Waals surface area (Å²) in [6.07, 6.45) is 0.454. The zero-order chi connectivity index (χ0) is 18.6. The molecule has 0 aromatic heterocycles. The predicted octanol–water partition coefficient (Wildman–Crippen LogP) is 1.26. The third-order valence-corrected chi connectivity index (χ3v) is 4.22. The molecule has 7 nitrogen and oxygen atoms in total. The van der Waals surface area contributed by atoms with Crippen LogP contribution in [-0.4, -0.2) is 53.9 Å². The van der Waals surface area contributed by atoms with Crippen LogP contribution in [0.4, 0.5) is 4.79 Å². The second kappa shape index (κ2) is 7.65. The van der Waals surface area contributed by atoms with E-state index in [0.717, 1.165) is 5.56 Å². The van der Waals surface area contributed by atoms with Crippen molar-refractivity contribution in [2.45, 2.75) is 38.8 Å². The molecule has 1 aliphatic rings. The molecule has 7 heteroatoms. The van der Waals surface area contributed by atoms with Crippen molar-refractivity contribution in [2.75, 3.05) is 20.3 Å². The Morgan fingerprint density at radius 3 is 2.48 bits per heavy atom. The highest BCUT2D eigenvalue weighted by atomic mass is 16.2. The molecule has 1 atom stereocenters. The van der Waals surface area contributed by atoms with Crippen molar-refractivity contribution >= 4 is 17.8 Å². The Balaban J connectivity index is 2.12. The van der Waals surface area contributed by atoms with Crippen molar-refractivity contribution in [1.29, 1.82) is 0 Å². The number of rotatable bonds is 7. The van der Waals surface area contributed by atoms with Crippen molar-refractivity contribution in [3.05, 3.63) is 35.9 Å². The quantitative estimate of drug-likeness (QED) is 0.728. The van der Waals surface area contributed by atoms with E-state index in [1.165, 1.54) is 4.90 Å². The van der Waals surface area contributed by atoms with Gasteiger partial charge in [-0.05, 0) is 32.9 Å². The van der Waals surface area contributed by atoms with Crippen LogP contribution in [0.1, 0.15) is 32.8 Å². The highest BCUT2D eigenvalue weighted by Crippen LogP contribution is 2.32. The SMILES string of the molecule is CC[C@]1(c2ccccc2)NC(=O)N(CN(C)CC(=O)NC(C)C)C1=O. The van der Waals surface area contributed by atoms with Crippen LogP contribution >= 0.6 is 0 Å². The van der Waals surface area contributed by atoms with Crippen LogP contribution in [0.3, 0.4) is 0 Å². The van der Waals surface area contributed by atoms with E-state index < -0.39 is 11.6 Å². The number of benzene rings is 1. The minimum Gasteiger partial charge on any atom is -0.353 e. The number of amides is 4. The lowest BCUT2D eigenvalue weighted by Crippen LogP contribution is -2.46. The van der Waals surface area contributed by atoms with Gasteiger partial charge in [-0.2, -0.15) is 0 Å². The summed E-state index contributed by atoms with van der Waals surface area (Å²) >= 11 is 0. The lowest BCUT2D eigenvalue weighted by atomic mass is 9.87. The topological polar surface area (TPSA) is 81.8 Å². The largest absolute Gasteiger partial charge is 0.353 e. The Hall–Kier alpha value is -2.41. The van der Waals surface area contributed by atoms with Gasteiger partial charge in [-0.15, -0.1) is 0 Å². The summed E-state index contributed by atoms with van der Waals surface area (Å²) < 4.78 is 0. The Bertz CT molecular complexity index is 647. The second-order valence-electron chi connectivity index (χ2n) is 6.67. The Morgan fingerprint density at radius 1 is 1.28 bits per heavy atom. The number of nitrogens with zero attached hydrogens (tertiary/aromatic N) is 2. The number of urea groups is 1. The fraction of sp³-hybridized carbons (Fsp3) is 0.500. The van der Waals surface area contributed by atoms with E-state index in [4.69, 9.17) is 0 Å². The van der Waals surface area contributed by atoms with Gasteiger partial charge in [-0.1, -0.05) is 37.3 Å². The number of likely N-dealkylation sites (N-methyl/N-ethyl adjacent to an activating group) is 1. The molecule has 1 saturated heterocycles. The molecule has 2 rings (SSSR count). The van der Waals surface area contributed by atoms with Gasteiger partial charge in [0.05, 0.1) is 13.2 Å². The summed E-state index contributed by atoms with van der Waals surface area (Å²) in [5.74, 6) is -0.434. The normalized spacial score (nSPS) is 20.3. The molecular formula is C18H26N4O3. The van der Waals surface area contributed by atoms with Crippen molar-refractivity contribution in [2.24, 2.45) is 0 Å². The van der Waals surface area contributed by atoms with Gasteiger partial charge in [0.25, 0.3) is 5.91 Å². The lowest BCUT2D eigenvalue weighted by molar-refractivity contribution is -0.134. The molecule has 1 fully saturated rings. The highest BCUT2D eigenvalue weighted by Gasteiger charge is 2.51. The molecular weight excluding hydrogens is 320 g/mol. The lowest BCUT2D eigenvalue weighted by Gasteiger charge is -2.27. The smallest absolute Gasteiger partial charge is 0.326 e. The van der Waals surface area contributed by atoms with Crippen molar-refractivity contribution < 1.29 is 14.4 Å². The van der Waals surface area contributed by atoms with E-state index in [1.54, 1.807) is 11.9 Å². The number of hydrogen-bond donors (Lipinski definition) is 2. The maximum Gasteiger partial charge on any atom is 0.326 e. The van der Waals surface area contributed by atoms with Crippen molar-refractivity contribution in [3.63, 3.8) is 0 Å². The minimum atomic E-state index is -1.04. The maximum absolute atomic E-state index is 13.0. The Morgan fingerprint density at radius 2 is 1.92 bits per heavy atom. The van der Waals surface area contributed by atoms with Crippen LogP contribution in [0.15, 0.2) is 30.3 Å². The second-order valence-corrected chi connectivity index (χ2v) is 6.67. The maximum atomic E-state index is 13.0. The van der Waals surface area contributed by atoms with E-state index >= 15 is 0 Å². The molecule has 25 heavy (non-hydrogen) atoms. The molecule has 136 valence electrons. The fourth-order valence-corrected chi connectivity index (χ4v) is 3.02. The number of hydrogen-bond acceptors (Lipinski definition) is 4. The average Bonchev–Trinajstić information content (AvgIpc) is 2.80. The van der Waals surface area contributed by atoms with Crippen LogP contribution in [-0.2, 0) is 15.1 Å². The molecule has 4 amide bonds. The highest BCUT2D eigenvalue weighted by molar-refractivity contribution is 6.07. The van der Waals surface area contributed by atoms with Gasteiger partial charge in [0, 0.05) is 6.04 Å². The third-order valence-electron chi connectivity index (χ3n) is 4.22. The molecule has 0 unspecified atom stereocenters. The van der Waals surface area contributed by atoms with Gasteiger partial charge in [-0.3, -0.25) is 14.5 Å². The van der Waals surface area contributed by atoms with Crippen LogP contribution < -0.4 is 10.6 Å². The molecule has 1 heterocycles. The van der Waals surface area contributed by atoms with Gasteiger partial charge in [0.1, 0.15) is 5.54 Å². The van der Waals surface area contributed by atoms with Crippen LogP contribution in [0, 0.1) is 0 Å². The van der Waals surface area contributed by atoms with Crippen molar-refractivity contribution in [3.8, 4) is 0 Å². The zero-order valence-electron chi connectivity index (χ0n) is 15.2. The molecule has 0 spiro atoms. The van der Waals surface area contributed by atoms with E-state index in [-0.39, 0.29) is 31.1 Å². The van der Waals surface area contributed by atoms with Crippen molar-refractivity contribution in [1.82, 2.24) is 20.4 Å². The molecule has 2 N–H and O–H groups in total. The van der Waals surface area contributed by atoms with Gasteiger partial charge in [-0.25, -0.2) is 9.69 Å². The first-order valence-electron chi connectivity index (χ1n) is 8.47. The van der Waals surface area contributed by atoms with Gasteiger partial charge in [0.2, 0.25) is 5.91 Å². The summed E-state index contributed by atoms with van der Waals surface area (Å²) in [6, 6.07) is 8.84. The standard InChI is InChI=1S/C18H26N4O3/c1-5-18(14-9-7-6-8-10-14)16(24)22(17(25)20-18)12-21(4)11-15(23)19-13(2)3/h6-10,13H,5,11-12H2,1-4H3,(H,19,23)(H,20,25)/t18-/m1/s1. The fourth-order valence-electron chi connectivity index (χ4n) is 3.02. The van der Waals surface area contributed by atoms with Gasteiger partial charge < -0.3 is 10.6 Å². The first kappa shape index (κ1) is 18.9. The number of carbonyl (C=O) groups excluding carboxylic acids is 3. The summed E-state index contributed by atoms with van der Waals surface area (Å²) in [6.45, 7) is 5.80. The molecule has 0 radical (unpaired) electrons. The van der Waals surface area contributed by atoms with Gasteiger partial charge >= 0.3 is 6.03 Å². The summed E-state index contributed by atoms with van der Waals surface area (Å²) in [4.78, 5) is 40.0. The minimum absolute atomic E-state index is 0.0449. The number of imide groups is 1. The predicted molar refractivity (Wildman–Crippen MR) is 94.6 cm³/mol. The molecule has 0 saturated carbocycles. The summed E-state index contributed by atoms with van der Waals surface area (Å²) in [5, 5.41) is 5.62. The van der Waals surface area contributed by atoms with E-state index in [2.05, 4.69) is 10.6 Å². The third kappa shape index (κ3) is 3.99. The Kier molecular flexibility index (Phi) is 5.79. The molecule has 0 aliphatic carbocycles. The Labute approximate surface area is 148 Å². The molecule has 1 aromatic carbocycles. The molecule has 0 bridgehead atoms. The summed E-state index contributed by atoms with van der Waals surface area (Å²) in [5.41, 5.74) is -0.280. The summed E-state index contributed by atoms with van der Waals surface area (Å²) in [7, 11) is 1.70. The molecule has 1 aliphatic heterocycles. The monoisotopic (exact) mass is 346 g/mol. The van der Waals surface area contributed by atoms with Gasteiger partial charge in [0.15, 0.2) is 0 Å². The first-order valence-corrected chi connectivity index (χ1v) is 8.47. The first-order chi connectivity index (χ1) is 11.8. The van der Waals surface area contributed by atoms with Crippen LogP contribution in [0.2, 0.25) is 0 Å². The number of nitrogens with one attached hydrogen (secondary N) is 2. The zero-order valence-corrected chi connectivity index (χ0v) is 15.2. The van der Waals surface area contributed by atoms with Crippen LogP contribution in [0.5, 0.6) is 0 Å². The van der Waals surface area contributed by atoms with E-state index in [0.29, 0.717) is 6.42 Å². The molecule has 1 aromatic rings.